The first kappa shape index (κ1) is 19.1. The number of rotatable bonds is 4. The van der Waals surface area contributed by atoms with Crippen molar-refractivity contribution in [3.05, 3.63) is 52.3 Å². The monoisotopic (exact) mass is 398 g/mol. The third-order valence-electron chi connectivity index (χ3n) is 5.36. The lowest BCUT2D eigenvalue weighted by Gasteiger charge is -2.40. The van der Waals surface area contributed by atoms with Crippen molar-refractivity contribution in [2.45, 2.75) is 18.9 Å². The molecule has 10 nitrogen and oxygen atoms in total. The summed E-state index contributed by atoms with van der Waals surface area (Å²) in [5.74, 6) is -0.119. The Bertz CT molecular complexity index is 942. The molecule has 2 aliphatic heterocycles. The van der Waals surface area contributed by atoms with Gasteiger partial charge in [0.05, 0.1) is 17.2 Å². The molecular weight excluding hydrogens is 376 g/mol. The second-order valence-electron chi connectivity index (χ2n) is 7.23. The van der Waals surface area contributed by atoms with Crippen LogP contribution in [0, 0.1) is 10.1 Å². The molecule has 0 spiro atoms. The number of hydrogen-bond acceptors (Lipinski definition) is 6. The summed E-state index contributed by atoms with van der Waals surface area (Å²) in [6.07, 6.45) is 3.34. The van der Waals surface area contributed by atoms with Crippen LogP contribution in [0.2, 0.25) is 0 Å². The van der Waals surface area contributed by atoms with Crippen LogP contribution in [0.4, 0.5) is 5.69 Å². The molecule has 29 heavy (non-hydrogen) atoms. The van der Waals surface area contributed by atoms with Crippen LogP contribution in [0.3, 0.4) is 0 Å². The Balaban J connectivity index is 1.48. The standard InChI is InChI=1S/C19H22N6O4/c26-18-12-20-7-10-23(18)16-5-2-8-22(13-16)19(27)17-6-9-24(21-17)14-3-1-4-15(11-14)25(28)29/h1,3-4,6,9,11,16,20H,2,5,7-8,10,12-13H2. The highest BCUT2D eigenvalue weighted by Gasteiger charge is 2.32. The summed E-state index contributed by atoms with van der Waals surface area (Å²) in [7, 11) is 0. The van der Waals surface area contributed by atoms with Gasteiger partial charge in [0.1, 0.15) is 0 Å². The number of amides is 2. The van der Waals surface area contributed by atoms with Gasteiger partial charge in [-0.1, -0.05) is 6.07 Å². The van der Waals surface area contributed by atoms with Gasteiger partial charge >= 0.3 is 0 Å². The second-order valence-corrected chi connectivity index (χ2v) is 7.23. The average molecular weight is 398 g/mol. The molecule has 1 N–H and O–H groups in total. The molecule has 0 aliphatic carbocycles. The van der Waals surface area contributed by atoms with E-state index in [-0.39, 0.29) is 29.2 Å². The van der Waals surface area contributed by atoms with E-state index in [2.05, 4.69) is 10.4 Å². The number of carbonyl (C=O) groups is 2. The van der Waals surface area contributed by atoms with E-state index in [4.69, 9.17) is 0 Å². The molecule has 1 atom stereocenters. The highest BCUT2D eigenvalue weighted by Crippen LogP contribution is 2.20. The zero-order chi connectivity index (χ0) is 20.4. The molecule has 2 aromatic rings. The number of benzene rings is 1. The number of nitro groups is 1. The predicted molar refractivity (Wildman–Crippen MR) is 104 cm³/mol. The lowest BCUT2D eigenvalue weighted by molar-refractivity contribution is -0.384. The molecule has 1 aromatic heterocycles. The number of non-ortho nitro benzene ring substituents is 1. The molecular formula is C19H22N6O4. The van der Waals surface area contributed by atoms with Crippen LogP contribution in [0.25, 0.3) is 5.69 Å². The van der Waals surface area contributed by atoms with E-state index in [1.54, 1.807) is 29.3 Å². The van der Waals surface area contributed by atoms with E-state index in [0.29, 0.717) is 31.9 Å². The summed E-state index contributed by atoms with van der Waals surface area (Å²) in [6.45, 7) is 2.89. The lowest BCUT2D eigenvalue weighted by atomic mass is 10.0. The highest BCUT2D eigenvalue weighted by molar-refractivity contribution is 5.92. The minimum atomic E-state index is -0.468. The predicted octanol–water partition coefficient (Wildman–Crippen LogP) is 0.817. The van der Waals surface area contributed by atoms with Crippen molar-refractivity contribution < 1.29 is 14.5 Å². The highest BCUT2D eigenvalue weighted by atomic mass is 16.6. The van der Waals surface area contributed by atoms with Gasteiger partial charge in [0, 0.05) is 50.6 Å². The van der Waals surface area contributed by atoms with Crippen LogP contribution in [0.1, 0.15) is 23.3 Å². The number of nitrogens with one attached hydrogen (secondary N) is 1. The molecule has 0 saturated carbocycles. The number of aromatic nitrogens is 2. The number of piperidine rings is 1. The van der Waals surface area contributed by atoms with Crippen molar-refractivity contribution in [2.75, 3.05) is 32.7 Å². The molecule has 2 amide bonds. The van der Waals surface area contributed by atoms with Gasteiger partial charge in [-0.25, -0.2) is 4.68 Å². The van der Waals surface area contributed by atoms with E-state index < -0.39 is 4.92 Å². The maximum atomic E-state index is 13.0. The fraction of sp³-hybridized carbons (Fsp3) is 0.421. The molecule has 0 radical (unpaired) electrons. The first-order valence-corrected chi connectivity index (χ1v) is 9.63. The zero-order valence-corrected chi connectivity index (χ0v) is 15.9. The molecule has 0 bridgehead atoms. The minimum Gasteiger partial charge on any atom is -0.336 e. The maximum Gasteiger partial charge on any atom is 0.274 e. The molecule has 4 rings (SSSR count). The van der Waals surface area contributed by atoms with Crippen molar-refractivity contribution in [2.24, 2.45) is 0 Å². The number of likely N-dealkylation sites (tertiary alicyclic amines) is 1. The van der Waals surface area contributed by atoms with Crippen LogP contribution in [-0.4, -0.2) is 75.1 Å². The summed E-state index contributed by atoms with van der Waals surface area (Å²) >= 11 is 0. The van der Waals surface area contributed by atoms with Gasteiger partial charge < -0.3 is 15.1 Å². The fourth-order valence-corrected chi connectivity index (χ4v) is 3.89. The van der Waals surface area contributed by atoms with Gasteiger partial charge in [-0.05, 0) is 25.0 Å². The van der Waals surface area contributed by atoms with Gasteiger partial charge in [-0.3, -0.25) is 19.7 Å². The van der Waals surface area contributed by atoms with E-state index >= 15 is 0 Å². The molecule has 1 aromatic carbocycles. The van der Waals surface area contributed by atoms with Crippen molar-refractivity contribution in [1.29, 1.82) is 0 Å². The average Bonchev–Trinajstić information content (AvgIpc) is 3.24. The third-order valence-corrected chi connectivity index (χ3v) is 5.36. The number of carbonyl (C=O) groups excluding carboxylic acids is 2. The number of nitro benzene ring substituents is 1. The molecule has 2 saturated heterocycles. The zero-order valence-electron chi connectivity index (χ0n) is 15.9. The smallest absolute Gasteiger partial charge is 0.274 e. The summed E-state index contributed by atoms with van der Waals surface area (Å²) in [6, 6.07) is 7.73. The molecule has 2 fully saturated rings. The van der Waals surface area contributed by atoms with Crippen LogP contribution in [-0.2, 0) is 4.79 Å². The summed E-state index contributed by atoms with van der Waals surface area (Å²) in [5.41, 5.74) is 0.760. The Morgan fingerprint density at radius 1 is 1.28 bits per heavy atom. The van der Waals surface area contributed by atoms with E-state index in [9.17, 15) is 19.7 Å². The van der Waals surface area contributed by atoms with Crippen molar-refractivity contribution in [3.8, 4) is 5.69 Å². The number of hydrogen-bond donors (Lipinski definition) is 1. The van der Waals surface area contributed by atoms with E-state index in [1.807, 2.05) is 4.90 Å². The molecule has 3 heterocycles. The Hall–Kier alpha value is -3.27. The van der Waals surface area contributed by atoms with E-state index in [1.165, 1.54) is 16.8 Å². The van der Waals surface area contributed by atoms with Crippen molar-refractivity contribution in [3.63, 3.8) is 0 Å². The lowest BCUT2D eigenvalue weighted by Crippen LogP contribution is -2.57. The normalized spacial score (nSPS) is 20.0. The van der Waals surface area contributed by atoms with Crippen LogP contribution >= 0.6 is 0 Å². The van der Waals surface area contributed by atoms with Crippen molar-refractivity contribution in [1.82, 2.24) is 24.9 Å². The topological polar surface area (TPSA) is 114 Å². The largest absolute Gasteiger partial charge is 0.336 e. The molecule has 1 unspecified atom stereocenters. The SMILES string of the molecule is O=C(c1ccn(-c2cccc([N+](=O)[O-])c2)n1)N1CCCC(N2CCNCC2=O)C1. The van der Waals surface area contributed by atoms with Gasteiger partial charge in [0.2, 0.25) is 5.91 Å². The minimum absolute atomic E-state index is 0.0289. The first-order valence-electron chi connectivity index (χ1n) is 9.63. The molecule has 2 aliphatic rings. The fourth-order valence-electron chi connectivity index (χ4n) is 3.89. The summed E-state index contributed by atoms with van der Waals surface area (Å²) in [4.78, 5) is 39.2. The van der Waals surface area contributed by atoms with Gasteiger partial charge in [-0.15, -0.1) is 0 Å². The van der Waals surface area contributed by atoms with E-state index in [0.717, 1.165) is 19.4 Å². The number of piperazine rings is 1. The molecule has 10 heteroatoms. The number of nitrogens with zero attached hydrogens (tertiary/aromatic N) is 5. The Morgan fingerprint density at radius 3 is 2.93 bits per heavy atom. The Morgan fingerprint density at radius 2 is 2.14 bits per heavy atom. The van der Waals surface area contributed by atoms with Crippen LogP contribution in [0.15, 0.2) is 36.5 Å². The first-order chi connectivity index (χ1) is 14.0. The van der Waals surface area contributed by atoms with Gasteiger partial charge in [-0.2, -0.15) is 5.10 Å². The quantitative estimate of drug-likeness (QED) is 0.602. The maximum absolute atomic E-state index is 13.0. The third kappa shape index (κ3) is 3.97. The van der Waals surface area contributed by atoms with Gasteiger partial charge in [0.25, 0.3) is 11.6 Å². The van der Waals surface area contributed by atoms with Gasteiger partial charge in [0.15, 0.2) is 5.69 Å². The molecule has 152 valence electrons. The van der Waals surface area contributed by atoms with Crippen molar-refractivity contribution >= 4 is 17.5 Å². The van der Waals surface area contributed by atoms with Crippen LogP contribution < -0.4 is 5.32 Å². The second kappa shape index (κ2) is 8.00. The summed E-state index contributed by atoms with van der Waals surface area (Å²) in [5, 5.41) is 18.4. The Kier molecular flexibility index (Phi) is 5.26. The Labute approximate surface area is 167 Å². The summed E-state index contributed by atoms with van der Waals surface area (Å²) < 4.78 is 1.46. The van der Waals surface area contributed by atoms with Crippen LogP contribution in [0.5, 0.6) is 0 Å².